The summed E-state index contributed by atoms with van der Waals surface area (Å²) in [6.07, 6.45) is 0. The second-order valence-electron chi connectivity index (χ2n) is 7.32. The van der Waals surface area contributed by atoms with Crippen molar-refractivity contribution in [3.8, 4) is 5.69 Å². The summed E-state index contributed by atoms with van der Waals surface area (Å²) in [4.78, 5) is 26.0. The van der Waals surface area contributed by atoms with Crippen LogP contribution in [0.15, 0.2) is 93.6 Å². The first-order valence-corrected chi connectivity index (χ1v) is 11.1. The Balaban J connectivity index is 1.53. The van der Waals surface area contributed by atoms with Crippen molar-refractivity contribution in [2.24, 2.45) is 0 Å². The number of amides is 1. The van der Waals surface area contributed by atoms with Gasteiger partial charge in [0.15, 0.2) is 0 Å². The quantitative estimate of drug-likeness (QED) is 0.401. The number of aromatic nitrogens is 2. The largest absolute Gasteiger partial charge is 0.321 e. The Labute approximate surface area is 195 Å². The molecule has 1 aromatic heterocycles. The van der Waals surface area contributed by atoms with Crippen molar-refractivity contribution in [2.45, 2.75) is 23.8 Å². The molecule has 4 rings (SSSR count). The first-order chi connectivity index (χ1) is 15.4. The van der Waals surface area contributed by atoms with Crippen LogP contribution in [0.5, 0.6) is 0 Å². The summed E-state index contributed by atoms with van der Waals surface area (Å²) in [5.41, 5.74) is 3.51. The highest BCUT2D eigenvalue weighted by atomic mass is 35.5. The molecule has 5 nitrogen and oxygen atoms in total. The third-order valence-corrected chi connectivity index (χ3v) is 6.01. The maximum Gasteiger partial charge on any atom is 0.271 e. The Hall–Kier alpha value is -3.35. The smallest absolute Gasteiger partial charge is 0.271 e. The number of benzene rings is 3. The monoisotopic (exact) mass is 461 g/mol. The second kappa shape index (κ2) is 9.42. The number of anilines is 1. The van der Waals surface area contributed by atoms with Crippen LogP contribution in [-0.4, -0.2) is 15.7 Å². The third-order valence-electron chi connectivity index (χ3n) is 4.77. The Morgan fingerprint density at radius 3 is 2.28 bits per heavy atom. The van der Waals surface area contributed by atoms with E-state index in [2.05, 4.69) is 10.4 Å². The molecule has 0 unspecified atom stereocenters. The number of hydrogen-bond donors (Lipinski definition) is 1. The lowest BCUT2D eigenvalue weighted by Gasteiger charge is -2.10. The second-order valence-corrected chi connectivity index (χ2v) is 8.82. The molecule has 7 heteroatoms. The highest BCUT2D eigenvalue weighted by molar-refractivity contribution is 7.99. The topological polar surface area (TPSA) is 64.0 Å². The summed E-state index contributed by atoms with van der Waals surface area (Å²) >= 11 is 7.68. The fourth-order valence-corrected chi connectivity index (χ4v) is 4.09. The van der Waals surface area contributed by atoms with Gasteiger partial charge in [0, 0.05) is 16.5 Å². The van der Waals surface area contributed by atoms with Crippen molar-refractivity contribution in [3.63, 3.8) is 0 Å². The molecule has 0 bridgehead atoms. The average Bonchev–Trinajstić information content (AvgIpc) is 2.78. The maximum absolute atomic E-state index is 12.6. The van der Waals surface area contributed by atoms with E-state index in [-0.39, 0.29) is 11.5 Å². The lowest BCUT2D eigenvalue weighted by atomic mass is 10.1. The van der Waals surface area contributed by atoms with Crippen molar-refractivity contribution in [3.05, 3.63) is 111 Å². The summed E-state index contributed by atoms with van der Waals surface area (Å²) in [5.74, 6) is -0.286. The summed E-state index contributed by atoms with van der Waals surface area (Å²) in [5, 5.41) is 8.46. The minimum atomic E-state index is -0.286. The number of carbonyl (C=O) groups is 1. The lowest BCUT2D eigenvalue weighted by Crippen LogP contribution is -2.20. The Morgan fingerprint density at radius 2 is 1.59 bits per heavy atom. The van der Waals surface area contributed by atoms with E-state index in [4.69, 9.17) is 11.6 Å². The SMILES string of the molecule is Cc1ccc(Sc2ccc(=O)n(-c3ccc(C(=O)Nc4ccc(C)cc4Cl)cc3)n2)cc1. The molecule has 32 heavy (non-hydrogen) atoms. The summed E-state index contributed by atoms with van der Waals surface area (Å²) < 4.78 is 1.33. The molecule has 0 radical (unpaired) electrons. The zero-order valence-corrected chi connectivity index (χ0v) is 19.1. The van der Waals surface area contributed by atoms with Gasteiger partial charge in [0.05, 0.1) is 16.4 Å². The van der Waals surface area contributed by atoms with Gasteiger partial charge in [-0.05, 0) is 74.0 Å². The van der Waals surface area contributed by atoms with Gasteiger partial charge >= 0.3 is 0 Å². The van der Waals surface area contributed by atoms with Crippen LogP contribution in [0, 0.1) is 13.8 Å². The molecule has 0 fully saturated rings. The summed E-state index contributed by atoms with van der Waals surface area (Å²) in [7, 11) is 0. The van der Waals surface area contributed by atoms with Crippen LogP contribution in [0.1, 0.15) is 21.5 Å². The van der Waals surface area contributed by atoms with Crippen LogP contribution < -0.4 is 10.9 Å². The van der Waals surface area contributed by atoms with Crippen LogP contribution in [0.3, 0.4) is 0 Å². The highest BCUT2D eigenvalue weighted by Crippen LogP contribution is 2.26. The normalized spacial score (nSPS) is 10.7. The van der Waals surface area contributed by atoms with E-state index >= 15 is 0 Å². The molecule has 160 valence electrons. The first kappa shape index (κ1) is 21.9. The van der Waals surface area contributed by atoms with Crippen molar-refractivity contribution in [1.29, 1.82) is 0 Å². The van der Waals surface area contributed by atoms with Gasteiger partial charge < -0.3 is 5.32 Å². The Kier molecular flexibility index (Phi) is 6.44. The molecule has 0 spiro atoms. The van der Waals surface area contributed by atoms with Gasteiger partial charge in [-0.15, -0.1) is 0 Å². The minimum absolute atomic E-state index is 0.248. The first-order valence-electron chi connectivity index (χ1n) is 9.92. The van der Waals surface area contributed by atoms with Gasteiger partial charge in [0.2, 0.25) is 0 Å². The number of halogens is 1. The standard InChI is InChI=1S/C25H20ClN3O2S/c1-16-3-10-20(11-4-16)32-23-13-14-24(30)29(28-23)19-8-6-18(7-9-19)25(31)27-22-12-5-17(2)15-21(22)26/h3-15H,1-2H3,(H,27,31). The van der Waals surface area contributed by atoms with Crippen molar-refractivity contribution in [2.75, 3.05) is 5.32 Å². The van der Waals surface area contributed by atoms with E-state index in [0.29, 0.717) is 27.0 Å². The summed E-state index contributed by atoms with van der Waals surface area (Å²) in [6, 6.07) is 23.4. The highest BCUT2D eigenvalue weighted by Gasteiger charge is 2.10. The van der Waals surface area contributed by atoms with Crippen LogP contribution >= 0.6 is 23.4 Å². The molecule has 1 heterocycles. The number of rotatable bonds is 5. The van der Waals surface area contributed by atoms with Gasteiger partial charge in [-0.25, -0.2) is 0 Å². The summed E-state index contributed by atoms with van der Waals surface area (Å²) in [6.45, 7) is 3.96. The zero-order valence-electron chi connectivity index (χ0n) is 17.5. The predicted octanol–water partition coefficient (Wildman–Crippen LogP) is 5.91. The number of nitrogens with zero attached hydrogens (tertiary/aromatic N) is 2. The molecule has 1 amide bonds. The number of hydrogen-bond acceptors (Lipinski definition) is 4. The van der Waals surface area contributed by atoms with E-state index in [9.17, 15) is 9.59 Å². The van der Waals surface area contributed by atoms with Crippen molar-refractivity contribution >= 4 is 35.0 Å². The van der Waals surface area contributed by atoms with Crippen LogP contribution in [0.2, 0.25) is 5.02 Å². The molecular formula is C25H20ClN3O2S. The zero-order chi connectivity index (χ0) is 22.7. The van der Waals surface area contributed by atoms with E-state index in [1.54, 1.807) is 42.5 Å². The van der Waals surface area contributed by atoms with Gasteiger partial charge in [0.1, 0.15) is 5.03 Å². The van der Waals surface area contributed by atoms with Crippen LogP contribution in [0.4, 0.5) is 5.69 Å². The molecule has 0 aliphatic carbocycles. The maximum atomic E-state index is 12.6. The lowest BCUT2D eigenvalue weighted by molar-refractivity contribution is 0.102. The molecule has 0 saturated carbocycles. The van der Waals surface area contributed by atoms with Crippen molar-refractivity contribution < 1.29 is 4.79 Å². The molecule has 0 atom stereocenters. The fraction of sp³-hybridized carbons (Fsp3) is 0.0800. The molecular weight excluding hydrogens is 442 g/mol. The molecule has 0 saturated heterocycles. The van der Waals surface area contributed by atoms with Gasteiger partial charge in [-0.1, -0.05) is 47.1 Å². The van der Waals surface area contributed by atoms with Gasteiger partial charge in [0.25, 0.3) is 11.5 Å². The van der Waals surface area contributed by atoms with Gasteiger partial charge in [-0.3, -0.25) is 9.59 Å². The van der Waals surface area contributed by atoms with E-state index in [1.807, 2.05) is 44.2 Å². The molecule has 3 aromatic carbocycles. The fourth-order valence-electron chi connectivity index (χ4n) is 3.03. The molecule has 4 aromatic rings. The number of nitrogens with one attached hydrogen (secondary N) is 1. The minimum Gasteiger partial charge on any atom is -0.321 e. The third kappa shape index (κ3) is 5.10. The van der Waals surface area contributed by atoms with Crippen LogP contribution in [0.25, 0.3) is 5.69 Å². The number of aryl methyl sites for hydroxylation is 2. The van der Waals surface area contributed by atoms with E-state index in [1.165, 1.54) is 28.1 Å². The average molecular weight is 462 g/mol. The number of carbonyl (C=O) groups excluding carboxylic acids is 1. The van der Waals surface area contributed by atoms with Gasteiger partial charge in [-0.2, -0.15) is 9.78 Å². The van der Waals surface area contributed by atoms with Crippen LogP contribution in [-0.2, 0) is 0 Å². The predicted molar refractivity (Wildman–Crippen MR) is 129 cm³/mol. The van der Waals surface area contributed by atoms with Crippen molar-refractivity contribution in [1.82, 2.24) is 9.78 Å². The Bertz CT molecular complexity index is 1330. The molecule has 0 aliphatic heterocycles. The van der Waals surface area contributed by atoms with E-state index < -0.39 is 0 Å². The molecule has 1 N–H and O–H groups in total. The van der Waals surface area contributed by atoms with E-state index in [0.717, 1.165) is 10.5 Å². The molecule has 0 aliphatic rings. The Morgan fingerprint density at radius 1 is 0.906 bits per heavy atom.